The minimum absolute atomic E-state index is 0.0116. The van der Waals surface area contributed by atoms with Crippen LogP contribution < -0.4 is 25.4 Å². The maximum Gasteiger partial charge on any atom is 0.246 e. The van der Waals surface area contributed by atoms with E-state index >= 15 is 0 Å². The minimum atomic E-state index is -3.52. The molecule has 0 spiro atoms. The van der Waals surface area contributed by atoms with Crippen molar-refractivity contribution < 1.29 is 27.5 Å². The summed E-state index contributed by atoms with van der Waals surface area (Å²) < 4.78 is 31.6. The van der Waals surface area contributed by atoms with Crippen molar-refractivity contribution in [1.82, 2.24) is 25.6 Å². The number of fused-ring (bicyclic) bond motifs is 1. The number of nitrogens with one attached hydrogen (secondary N) is 4. The van der Waals surface area contributed by atoms with Crippen molar-refractivity contribution in [3.8, 4) is 5.75 Å². The van der Waals surface area contributed by atoms with Gasteiger partial charge >= 0.3 is 0 Å². The molecule has 0 bridgehead atoms. The Bertz CT molecular complexity index is 1350. The van der Waals surface area contributed by atoms with Gasteiger partial charge in [0.15, 0.2) is 0 Å². The van der Waals surface area contributed by atoms with Gasteiger partial charge in [0.05, 0.1) is 19.4 Å². The van der Waals surface area contributed by atoms with Gasteiger partial charge < -0.3 is 25.6 Å². The average Bonchev–Trinajstić information content (AvgIpc) is 3.38. The summed E-state index contributed by atoms with van der Waals surface area (Å²) >= 11 is 0. The third-order valence-electron chi connectivity index (χ3n) is 8.39. The molecule has 2 heterocycles. The fourth-order valence-electron chi connectivity index (χ4n) is 6.02. The number of nitrogens with zero attached hydrogens (tertiary/aromatic N) is 1. The summed E-state index contributed by atoms with van der Waals surface area (Å²) in [6.07, 6.45) is 4.46. The first-order chi connectivity index (χ1) is 20.6. The van der Waals surface area contributed by atoms with Crippen molar-refractivity contribution in [2.45, 2.75) is 62.7 Å². The van der Waals surface area contributed by atoms with Crippen LogP contribution in [0.15, 0.2) is 54.6 Å². The smallest absolute Gasteiger partial charge is 0.246 e. The predicted octanol–water partition coefficient (Wildman–Crippen LogP) is 0.988. The Hall–Kier alpha value is -3.48. The lowest BCUT2D eigenvalue weighted by molar-refractivity contribution is -0.143. The van der Waals surface area contributed by atoms with Crippen molar-refractivity contribution >= 4 is 27.7 Å². The number of sulfonamides is 1. The summed E-state index contributed by atoms with van der Waals surface area (Å²) in [5.74, 6) is -0.632. The summed E-state index contributed by atoms with van der Waals surface area (Å²) in [6, 6.07) is 14.8. The molecule has 0 aromatic heterocycles. The van der Waals surface area contributed by atoms with Crippen molar-refractivity contribution in [3.05, 3.63) is 65.7 Å². The molecular formula is C31H43N5O6S. The first-order valence-corrected chi connectivity index (χ1v) is 16.7. The third-order valence-corrected chi connectivity index (χ3v) is 9.08. The Balaban J connectivity index is 1.48. The van der Waals surface area contributed by atoms with E-state index in [0.29, 0.717) is 45.1 Å². The molecule has 0 radical (unpaired) electrons. The number of amides is 3. The van der Waals surface area contributed by atoms with Gasteiger partial charge in [-0.05, 0) is 68.8 Å². The van der Waals surface area contributed by atoms with Crippen LogP contribution in [0.1, 0.15) is 36.8 Å². The number of methoxy groups -OCH3 is 1. The Kier molecular flexibility index (Phi) is 11.2. The van der Waals surface area contributed by atoms with Gasteiger partial charge in [-0.25, -0.2) is 13.1 Å². The molecule has 2 saturated heterocycles. The first-order valence-electron chi connectivity index (χ1n) is 14.8. The summed E-state index contributed by atoms with van der Waals surface area (Å²) in [6.45, 7) is 0.427. The lowest BCUT2D eigenvalue weighted by Gasteiger charge is -2.33. The minimum Gasteiger partial charge on any atom is -0.497 e. The second-order valence-corrected chi connectivity index (χ2v) is 13.2. The quantitative estimate of drug-likeness (QED) is 0.264. The second kappa shape index (κ2) is 14.8. The number of likely N-dealkylation sites (N-methyl/N-ethyl adjacent to an activating group) is 1. The maximum absolute atomic E-state index is 14.2. The molecule has 3 amide bonds. The highest BCUT2D eigenvalue weighted by Crippen LogP contribution is 2.34. The molecule has 2 aliphatic rings. The SMILES string of the molecule is CNC(Cc1ccccc1)C(=O)NC1C(=O)N2C(CC[C@@H]1CNS(C)(=O)=O)CC[C@H]2C(=O)NCCc1ccc(OC)cc1. The highest BCUT2D eigenvalue weighted by atomic mass is 32.2. The lowest BCUT2D eigenvalue weighted by Crippen LogP contribution is -2.59. The van der Waals surface area contributed by atoms with Crippen LogP contribution in [0.3, 0.4) is 0 Å². The molecule has 12 heteroatoms. The molecule has 0 saturated carbocycles. The fraction of sp³-hybridized carbons (Fsp3) is 0.516. The molecular weight excluding hydrogens is 570 g/mol. The topological polar surface area (TPSA) is 146 Å². The monoisotopic (exact) mass is 613 g/mol. The maximum atomic E-state index is 14.2. The van der Waals surface area contributed by atoms with Crippen molar-refractivity contribution in [3.63, 3.8) is 0 Å². The largest absolute Gasteiger partial charge is 0.497 e. The molecule has 2 aromatic rings. The molecule has 43 heavy (non-hydrogen) atoms. The van der Waals surface area contributed by atoms with E-state index in [9.17, 15) is 22.8 Å². The zero-order chi connectivity index (χ0) is 31.0. The van der Waals surface area contributed by atoms with Gasteiger partial charge in [0.1, 0.15) is 17.8 Å². The number of hydrogen-bond acceptors (Lipinski definition) is 7. The Morgan fingerprint density at radius 3 is 2.35 bits per heavy atom. The number of rotatable bonds is 13. The zero-order valence-corrected chi connectivity index (χ0v) is 25.9. The van der Waals surface area contributed by atoms with Crippen LogP contribution in [0.5, 0.6) is 5.75 Å². The molecule has 4 rings (SSSR count). The molecule has 234 valence electrons. The van der Waals surface area contributed by atoms with E-state index in [-0.39, 0.29) is 30.3 Å². The normalized spacial score (nSPS) is 22.8. The molecule has 2 aliphatic heterocycles. The first kappa shape index (κ1) is 32.4. The number of carbonyl (C=O) groups excluding carboxylic acids is 3. The summed E-state index contributed by atoms with van der Waals surface area (Å²) in [7, 11) is -0.220. The van der Waals surface area contributed by atoms with Gasteiger partial charge in [0, 0.05) is 25.0 Å². The van der Waals surface area contributed by atoms with Crippen LogP contribution >= 0.6 is 0 Å². The third kappa shape index (κ3) is 8.77. The number of carbonyl (C=O) groups is 3. The number of ether oxygens (including phenoxy) is 1. The molecule has 5 atom stereocenters. The van der Waals surface area contributed by atoms with Gasteiger partial charge in [-0.3, -0.25) is 14.4 Å². The summed E-state index contributed by atoms with van der Waals surface area (Å²) in [5.41, 5.74) is 2.01. The van der Waals surface area contributed by atoms with Gasteiger partial charge in [-0.1, -0.05) is 42.5 Å². The highest BCUT2D eigenvalue weighted by Gasteiger charge is 2.47. The molecule has 4 N–H and O–H groups in total. The molecule has 3 unspecified atom stereocenters. The van der Waals surface area contributed by atoms with Crippen molar-refractivity contribution in [1.29, 1.82) is 0 Å². The van der Waals surface area contributed by atoms with Crippen LogP contribution in [0.25, 0.3) is 0 Å². The van der Waals surface area contributed by atoms with Crippen LogP contribution in [0.2, 0.25) is 0 Å². The van der Waals surface area contributed by atoms with E-state index in [4.69, 9.17) is 4.74 Å². The molecule has 0 aliphatic carbocycles. The van der Waals surface area contributed by atoms with E-state index < -0.39 is 34.1 Å². The van der Waals surface area contributed by atoms with Gasteiger partial charge in [-0.15, -0.1) is 0 Å². The number of hydrogen-bond donors (Lipinski definition) is 4. The average molecular weight is 614 g/mol. The van der Waals surface area contributed by atoms with Crippen LogP contribution in [0.4, 0.5) is 0 Å². The van der Waals surface area contributed by atoms with Gasteiger partial charge in [0.25, 0.3) is 0 Å². The lowest BCUT2D eigenvalue weighted by atomic mass is 9.93. The second-order valence-electron chi connectivity index (χ2n) is 11.4. The summed E-state index contributed by atoms with van der Waals surface area (Å²) in [5, 5.41) is 8.97. The van der Waals surface area contributed by atoms with E-state index in [2.05, 4.69) is 20.7 Å². The zero-order valence-electron chi connectivity index (χ0n) is 25.0. The van der Waals surface area contributed by atoms with Crippen LogP contribution in [-0.4, -0.2) is 88.7 Å². The van der Waals surface area contributed by atoms with Gasteiger partial charge in [-0.2, -0.15) is 0 Å². The fourth-order valence-corrected chi connectivity index (χ4v) is 6.54. The standard InChI is InChI=1S/C31H43N5O6S/c1-32-26(19-22-7-5-4-6-8-22)29(37)35-28-23(20-34-43(3,40)41)11-12-24-13-16-27(36(24)31(28)39)30(38)33-18-17-21-9-14-25(42-2)15-10-21/h4-10,14-15,23-24,26-28,32,34H,11-13,16-20H2,1-3H3,(H,33,38)(H,35,37)/t23-,24?,26?,27+,28?/m1/s1. The van der Waals surface area contributed by atoms with Crippen LogP contribution in [-0.2, 0) is 37.2 Å². The Labute approximate surface area is 254 Å². The van der Waals surface area contributed by atoms with E-state index in [1.54, 1.807) is 19.1 Å². The van der Waals surface area contributed by atoms with Crippen LogP contribution in [0, 0.1) is 5.92 Å². The molecule has 2 fully saturated rings. The van der Waals surface area contributed by atoms with E-state index in [1.807, 2.05) is 54.6 Å². The van der Waals surface area contributed by atoms with E-state index in [0.717, 1.165) is 23.1 Å². The number of benzene rings is 2. The Morgan fingerprint density at radius 2 is 1.70 bits per heavy atom. The molecule has 11 nitrogen and oxygen atoms in total. The Morgan fingerprint density at radius 1 is 1.00 bits per heavy atom. The predicted molar refractivity (Wildman–Crippen MR) is 164 cm³/mol. The van der Waals surface area contributed by atoms with Gasteiger partial charge in [0.2, 0.25) is 27.7 Å². The molecule has 2 aromatic carbocycles. The van der Waals surface area contributed by atoms with Crippen molar-refractivity contribution in [2.75, 3.05) is 33.5 Å². The summed E-state index contributed by atoms with van der Waals surface area (Å²) in [4.78, 5) is 42.7. The van der Waals surface area contributed by atoms with Crippen molar-refractivity contribution in [2.24, 2.45) is 5.92 Å². The highest BCUT2D eigenvalue weighted by molar-refractivity contribution is 7.88. The van der Waals surface area contributed by atoms with E-state index in [1.165, 1.54) is 0 Å².